The van der Waals surface area contributed by atoms with Crippen LogP contribution in [0.2, 0.25) is 0 Å². The number of hydrogen-bond acceptors (Lipinski definition) is 3. The van der Waals surface area contributed by atoms with Gasteiger partial charge in [-0.2, -0.15) is 0 Å². The molecule has 0 radical (unpaired) electrons. The molecule has 1 aliphatic heterocycles. The van der Waals surface area contributed by atoms with Gasteiger partial charge in [0.2, 0.25) is 6.79 Å². The van der Waals surface area contributed by atoms with Crippen LogP contribution in [0.15, 0.2) is 42.6 Å². The van der Waals surface area contributed by atoms with Crippen LogP contribution in [0.4, 0.5) is 0 Å². The van der Waals surface area contributed by atoms with Crippen LogP contribution in [0.3, 0.4) is 0 Å². The molecule has 122 valence electrons. The van der Waals surface area contributed by atoms with Crippen molar-refractivity contribution in [3.8, 4) is 22.6 Å². The highest BCUT2D eigenvalue weighted by atomic mass is 16.7. The van der Waals surface area contributed by atoms with Crippen LogP contribution in [0.5, 0.6) is 11.5 Å². The van der Waals surface area contributed by atoms with E-state index in [2.05, 4.69) is 62.2 Å². The van der Waals surface area contributed by atoms with Crippen molar-refractivity contribution >= 4 is 10.9 Å². The molecule has 2 heterocycles. The Labute approximate surface area is 142 Å². The predicted octanol–water partition coefficient (Wildman–Crippen LogP) is 5.32. The van der Waals surface area contributed by atoms with Gasteiger partial charge in [-0.05, 0) is 47.7 Å². The van der Waals surface area contributed by atoms with Gasteiger partial charge in [0.15, 0.2) is 11.5 Å². The van der Waals surface area contributed by atoms with E-state index in [9.17, 15) is 0 Å². The number of rotatable bonds is 3. The molecule has 3 aromatic rings. The zero-order valence-electron chi connectivity index (χ0n) is 14.3. The summed E-state index contributed by atoms with van der Waals surface area (Å²) in [6.07, 6.45) is 2.95. The van der Waals surface area contributed by atoms with E-state index in [0.717, 1.165) is 34.6 Å². The second-order valence-electron chi connectivity index (χ2n) is 6.52. The first-order valence-electron chi connectivity index (χ1n) is 8.49. The van der Waals surface area contributed by atoms with Crippen LogP contribution >= 0.6 is 0 Å². The Morgan fingerprint density at radius 1 is 1.08 bits per heavy atom. The first kappa shape index (κ1) is 15.0. The van der Waals surface area contributed by atoms with Crippen molar-refractivity contribution in [2.24, 2.45) is 0 Å². The summed E-state index contributed by atoms with van der Waals surface area (Å²) in [4.78, 5) is 4.66. The number of pyridine rings is 1. The number of nitrogens with zero attached hydrogens (tertiary/aromatic N) is 1. The van der Waals surface area contributed by atoms with Crippen LogP contribution < -0.4 is 9.47 Å². The Bertz CT molecular complexity index is 915. The Kier molecular flexibility index (Phi) is 3.64. The average molecular weight is 319 g/mol. The zero-order chi connectivity index (χ0) is 16.7. The lowest BCUT2D eigenvalue weighted by molar-refractivity contribution is 0.173. The normalized spacial score (nSPS) is 13.0. The maximum atomic E-state index is 5.65. The van der Waals surface area contributed by atoms with Gasteiger partial charge in [-0.3, -0.25) is 4.98 Å². The van der Waals surface area contributed by atoms with Gasteiger partial charge in [0.25, 0.3) is 0 Å². The monoisotopic (exact) mass is 319 g/mol. The number of benzene rings is 2. The van der Waals surface area contributed by atoms with E-state index in [1.54, 1.807) is 0 Å². The number of hydrogen-bond donors (Lipinski definition) is 0. The first-order chi connectivity index (χ1) is 11.7. The van der Waals surface area contributed by atoms with Gasteiger partial charge < -0.3 is 9.47 Å². The van der Waals surface area contributed by atoms with E-state index >= 15 is 0 Å². The van der Waals surface area contributed by atoms with Crippen molar-refractivity contribution in [1.29, 1.82) is 0 Å². The summed E-state index contributed by atoms with van der Waals surface area (Å²) in [6.45, 7) is 6.83. The molecule has 0 spiro atoms. The molecule has 0 unspecified atom stereocenters. The fraction of sp³-hybridized carbons (Fsp3) is 0.286. The summed E-state index contributed by atoms with van der Waals surface area (Å²) in [5.41, 5.74) is 5.80. The molecule has 0 saturated carbocycles. The third-order valence-electron chi connectivity index (χ3n) is 4.65. The number of ether oxygens (including phenoxy) is 2. The summed E-state index contributed by atoms with van der Waals surface area (Å²) >= 11 is 0. The maximum absolute atomic E-state index is 5.65. The molecule has 2 aromatic carbocycles. The van der Waals surface area contributed by atoms with Gasteiger partial charge in [-0.1, -0.05) is 32.9 Å². The highest BCUT2D eigenvalue weighted by Gasteiger charge is 2.21. The van der Waals surface area contributed by atoms with Crippen molar-refractivity contribution < 1.29 is 9.47 Å². The van der Waals surface area contributed by atoms with Crippen molar-refractivity contribution in [2.75, 3.05) is 6.79 Å². The Balaban J connectivity index is 1.90. The quantitative estimate of drug-likeness (QED) is 0.655. The summed E-state index contributed by atoms with van der Waals surface area (Å²) in [7, 11) is 0. The Morgan fingerprint density at radius 2 is 1.96 bits per heavy atom. The number of aromatic nitrogens is 1. The Hall–Kier alpha value is -2.55. The van der Waals surface area contributed by atoms with Crippen LogP contribution in [-0.2, 0) is 6.42 Å². The van der Waals surface area contributed by atoms with Crippen LogP contribution in [0, 0.1) is 0 Å². The molecule has 0 bridgehead atoms. The van der Waals surface area contributed by atoms with Gasteiger partial charge in [-0.25, -0.2) is 0 Å². The molecule has 0 fully saturated rings. The van der Waals surface area contributed by atoms with Gasteiger partial charge in [0.1, 0.15) is 0 Å². The molecule has 0 atom stereocenters. The zero-order valence-corrected chi connectivity index (χ0v) is 14.3. The van der Waals surface area contributed by atoms with E-state index < -0.39 is 0 Å². The van der Waals surface area contributed by atoms with Crippen molar-refractivity contribution in [3.05, 3.63) is 53.7 Å². The van der Waals surface area contributed by atoms with Crippen molar-refractivity contribution in [1.82, 2.24) is 4.98 Å². The van der Waals surface area contributed by atoms with E-state index in [-0.39, 0.29) is 0 Å². The highest BCUT2D eigenvalue weighted by molar-refractivity contribution is 5.87. The molecule has 4 rings (SSSR count). The fourth-order valence-corrected chi connectivity index (χ4v) is 3.31. The van der Waals surface area contributed by atoms with E-state index in [0.29, 0.717) is 12.7 Å². The molecule has 0 N–H and O–H groups in total. The smallest absolute Gasteiger partial charge is 0.231 e. The maximum Gasteiger partial charge on any atom is 0.231 e. The minimum Gasteiger partial charge on any atom is -0.454 e. The molecule has 1 aliphatic rings. The SMILES string of the molecule is CCc1cccc2ncc(-c3cc4c(c(C(C)C)c3)OCO4)cc12. The third kappa shape index (κ3) is 2.41. The second-order valence-corrected chi connectivity index (χ2v) is 6.52. The molecule has 0 aliphatic carbocycles. The first-order valence-corrected chi connectivity index (χ1v) is 8.49. The lowest BCUT2D eigenvalue weighted by Gasteiger charge is -2.13. The molecule has 1 aromatic heterocycles. The van der Waals surface area contributed by atoms with Gasteiger partial charge in [0.05, 0.1) is 5.52 Å². The fourth-order valence-electron chi connectivity index (χ4n) is 3.31. The Morgan fingerprint density at radius 3 is 2.75 bits per heavy atom. The minimum atomic E-state index is 0.300. The van der Waals surface area contributed by atoms with Crippen LogP contribution in [0.1, 0.15) is 37.8 Å². The molecular formula is C21H21NO2. The summed E-state index contributed by atoms with van der Waals surface area (Å²) in [5.74, 6) is 2.09. The number of fused-ring (bicyclic) bond motifs is 2. The van der Waals surface area contributed by atoms with E-state index in [1.165, 1.54) is 16.5 Å². The van der Waals surface area contributed by atoms with Crippen LogP contribution in [-0.4, -0.2) is 11.8 Å². The predicted molar refractivity (Wildman–Crippen MR) is 96.8 cm³/mol. The third-order valence-corrected chi connectivity index (χ3v) is 4.65. The largest absolute Gasteiger partial charge is 0.454 e. The van der Waals surface area contributed by atoms with Crippen molar-refractivity contribution in [3.63, 3.8) is 0 Å². The highest BCUT2D eigenvalue weighted by Crippen LogP contribution is 2.42. The molecule has 3 heteroatoms. The minimum absolute atomic E-state index is 0.300. The number of aryl methyl sites for hydroxylation is 1. The summed E-state index contributed by atoms with van der Waals surface area (Å²) in [6, 6.07) is 12.8. The van der Waals surface area contributed by atoms with Crippen LogP contribution in [0.25, 0.3) is 22.0 Å². The molecular weight excluding hydrogens is 298 g/mol. The lowest BCUT2D eigenvalue weighted by atomic mass is 9.95. The van der Waals surface area contributed by atoms with Gasteiger partial charge in [-0.15, -0.1) is 0 Å². The van der Waals surface area contributed by atoms with Gasteiger partial charge >= 0.3 is 0 Å². The molecule has 0 amide bonds. The van der Waals surface area contributed by atoms with Gasteiger partial charge in [0, 0.05) is 22.7 Å². The molecule has 3 nitrogen and oxygen atoms in total. The topological polar surface area (TPSA) is 31.4 Å². The lowest BCUT2D eigenvalue weighted by Crippen LogP contribution is -1.95. The standard InChI is InChI=1S/C21H21NO2/c1-4-14-6-5-7-19-18(14)9-16(11-22-19)15-8-17(13(2)3)21-20(10-15)23-12-24-21/h5-11,13H,4,12H2,1-3H3. The second kappa shape index (κ2) is 5.82. The summed E-state index contributed by atoms with van der Waals surface area (Å²) < 4.78 is 11.3. The van der Waals surface area contributed by atoms with Crippen molar-refractivity contribution in [2.45, 2.75) is 33.1 Å². The van der Waals surface area contributed by atoms with E-state index in [4.69, 9.17) is 9.47 Å². The molecule has 24 heavy (non-hydrogen) atoms. The molecule has 0 saturated heterocycles. The average Bonchev–Trinajstić information content (AvgIpc) is 3.08. The van der Waals surface area contributed by atoms with E-state index in [1.807, 2.05) is 6.20 Å². The summed E-state index contributed by atoms with van der Waals surface area (Å²) in [5, 5.41) is 1.22.